The van der Waals surface area contributed by atoms with Gasteiger partial charge >= 0.3 is 6.18 Å². The highest BCUT2D eigenvalue weighted by atomic mass is 19.4. The van der Waals surface area contributed by atoms with Crippen molar-refractivity contribution in [3.63, 3.8) is 0 Å². The minimum atomic E-state index is -4.35. The number of aryl methyl sites for hydroxylation is 2. The molecule has 0 N–H and O–H groups in total. The molecule has 0 heterocycles. The van der Waals surface area contributed by atoms with Crippen LogP contribution in [0.15, 0.2) is 78.9 Å². The summed E-state index contributed by atoms with van der Waals surface area (Å²) in [7, 11) is 0. The van der Waals surface area contributed by atoms with Crippen molar-refractivity contribution >= 4 is 10.8 Å². The maximum absolute atomic E-state index is 15.1. The van der Waals surface area contributed by atoms with Crippen molar-refractivity contribution in [2.24, 2.45) is 0 Å². The average Bonchev–Trinajstić information content (AvgIpc) is 2.82. The second-order valence-corrected chi connectivity index (χ2v) is 8.04. The second kappa shape index (κ2) is 9.65. The summed E-state index contributed by atoms with van der Waals surface area (Å²) in [5.41, 5.74) is 2.62. The van der Waals surface area contributed by atoms with Gasteiger partial charge in [0.05, 0.1) is 12.2 Å². The molecule has 0 bridgehead atoms. The van der Waals surface area contributed by atoms with E-state index < -0.39 is 11.7 Å². The Kier molecular flexibility index (Phi) is 6.68. The number of hydrogen-bond donors (Lipinski definition) is 0. The average molecular weight is 452 g/mol. The van der Waals surface area contributed by atoms with Crippen LogP contribution in [0.3, 0.4) is 0 Å². The molecule has 170 valence electrons. The molecule has 33 heavy (non-hydrogen) atoms. The van der Waals surface area contributed by atoms with E-state index in [0.29, 0.717) is 30.4 Å². The molecule has 0 aliphatic rings. The van der Waals surface area contributed by atoms with Crippen LogP contribution in [0, 0.1) is 5.82 Å². The zero-order chi connectivity index (χ0) is 23.4. The highest BCUT2D eigenvalue weighted by Crippen LogP contribution is 2.31. The van der Waals surface area contributed by atoms with E-state index in [0.717, 1.165) is 46.4 Å². The summed E-state index contributed by atoms with van der Waals surface area (Å²) in [6, 6.07) is 22.2. The van der Waals surface area contributed by atoms with Crippen LogP contribution in [0.25, 0.3) is 21.9 Å². The molecule has 4 aromatic rings. The third-order valence-corrected chi connectivity index (χ3v) is 5.66. The van der Waals surface area contributed by atoms with Crippen LogP contribution in [0.4, 0.5) is 17.6 Å². The predicted octanol–water partition coefficient (Wildman–Crippen LogP) is 8.24. The maximum atomic E-state index is 15.1. The van der Waals surface area contributed by atoms with Gasteiger partial charge in [-0.05, 0) is 77.2 Å². The zero-order valence-electron chi connectivity index (χ0n) is 18.3. The number of ether oxygens (including phenoxy) is 1. The Bertz CT molecular complexity index is 1230. The lowest BCUT2D eigenvalue weighted by atomic mass is 9.97. The first-order valence-corrected chi connectivity index (χ1v) is 11.0. The number of rotatable bonds is 7. The number of fused-ring (bicyclic) bond motifs is 1. The van der Waals surface area contributed by atoms with Crippen LogP contribution in [0.5, 0.6) is 5.75 Å². The van der Waals surface area contributed by atoms with Crippen molar-refractivity contribution in [3.05, 3.63) is 101 Å². The smallest absolute Gasteiger partial charge is 0.416 e. The van der Waals surface area contributed by atoms with Gasteiger partial charge in [0.1, 0.15) is 11.6 Å². The minimum absolute atomic E-state index is 0.283. The van der Waals surface area contributed by atoms with Crippen LogP contribution < -0.4 is 4.74 Å². The van der Waals surface area contributed by atoms with E-state index in [1.165, 1.54) is 12.1 Å². The lowest BCUT2D eigenvalue weighted by molar-refractivity contribution is -0.137. The van der Waals surface area contributed by atoms with Crippen molar-refractivity contribution in [3.8, 4) is 16.9 Å². The van der Waals surface area contributed by atoms with Crippen molar-refractivity contribution in [1.29, 1.82) is 0 Å². The quantitative estimate of drug-likeness (QED) is 0.257. The first-order chi connectivity index (χ1) is 15.8. The third kappa shape index (κ3) is 5.36. The van der Waals surface area contributed by atoms with Crippen LogP contribution >= 0.6 is 0 Å². The fourth-order valence-electron chi connectivity index (χ4n) is 3.81. The van der Waals surface area contributed by atoms with E-state index in [1.54, 1.807) is 12.1 Å². The summed E-state index contributed by atoms with van der Waals surface area (Å²) in [5, 5.41) is 1.33. The first-order valence-electron chi connectivity index (χ1n) is 11.0. The van der Waals surface area contributed by atoms with E-state index in [4.69, 9.17) is 4.74 Å². The van der Waals surface area contributed by atoms with Crippen molar-refractivity contribution in [2.75, 3.05) is 6.61 Å². The molecule has 4 aromatic carbocycles. The summed E-state index contributed by atoms with van der Waals surface area (Å²) in [5.74, 6) is 0.541. The Morgan fingerprint density at radius 2 is 1.45 bits per heavy atom. The molecular weight excluding hydrogens is 428 g/mol. The van der Waals surface area contributed by atoms with E-state index in [9.17, 15) is 13.2 Å². The molecule has 0 unspecified atom stereocenters. The van der Waals surface area contributed by atoms with Gasteiger partial charge in [0.15, 0.2) is 0 Å². The molecule has 5 heteroatoms. The van der Waals surface area contributed by atoms with Gasteiger partial charge in [0.2, 0.25) is 0 Å². The van der Waals surface area contributed by atoms with E-state index in [1.807, 2.05) is 42.5 Å². The normalized spacial score (nSPS) is 11.7. The lowest BCUT2D eigenvalue weighted by Gasteiger charge is -2.10. The Morgan fingerprint density at radius 1 is 0.758 bits per heavy atom. The first kappa shape index (κ1) is 22.8. The SMILES string of the molecule is CCCOc1ccc(-c2ccc3c(F)c(CCc4ccc(C(F)(F)F)cc4)ccc3c2)cc1. The number of halogens is 4. The molecule has 0 atom stereocenters. The van der Waals surface area contributed by atoms with Crippen molar-refractivity contribution in [2.45, 2.75) is 32.4 Å². The van der Waals surface area contributed by atoms with Crippen LogP contribution in [0.1, 0.15) is 30.0 Å². The molecule has 0 radical (unpaired) electrons. The highest BCUT2D eigenvalue weighted by Gasteiger charge is 2.29. The summed E-state index contributed by atoms with van der Waals surface area (Å²) in [6.45, 7) is 2.73. The van der Waals surface area contributed by atoms with E-state index in [-0.39, 0.29) is 5.82 Å². The fraction of sp³-hybridized carbons (Fsp3) is 0.214. The summed E-state index contributed by atoms with van der Waals surface area (Å²) >= 11 is 0. The standard InChI is InChI=1S/C28H24F4O/c1-2-17-33-25-14-9-20(10-15-25)22-11-16-26-23(18-22)8-7-21(27(26)29)6-3-19-4-12-24(13-5-19)28(30,31)32/h4-5,7-16,18H,2-3,6,17H2,1H3. The monoisotopic (exact) mass is 452 g/mol. The van der Waals surface area contributed by atoms with E-state index >= 15 is 4.39 Å². The molecule has 4 rings (SSSR count). The predicted molar refractivity (Wildman–Crippen MR) is 124 cm³/mol. The topological polar surface area (TPSA) is 9.23 Å². The van der Waals surface area contributed by atoms with Gasteiger partial charge in [0, 0.05) is 5.39 Å². The molecule has 0 aromatic heterocycles. The molecule has 0 fully saturated rings. The zero-order valence-corrected chi connectivity index (χ0v) is 18.3. The summed E-state index contributed by atoms with van der Waals surface area (Å²) in [6.07, 6.45) is -2.53. The van der Waals surface area contributed by atoms with Gasteiger partial charge < -0.3 is 4.74 Å². The molecule has 0 spiro atoms. The summed E-state index contributed by atoms with van der Waals surface area (Å²) < 4.78 is 58.9. The number of alkyl halides is 3. The van der Waals surface area contributed by atoms with Gasteiger partial charge in [-0.25, -0.2) is 4.39 Å². The Morgan fingerprint density at radius 3 is 2.12 bits per heavy atom. The number of benzene rings is 4. The molecule has 0 saturated carbocycles. The fourth-order valence-corrected chi connectivity index (χ4v) is 3.81. The van der Waals surface area contributed by atoms with Crippen LogP contribution in [-0.2, 0) is 19.0 Å². The van der Waals surface area contributed by atoms with Crippen molar-refractivity contribution in [1.82, 2.24) is 0 Å². The Hall–Kier alpha value is -3.34. The Labute approximate surface area is 190 Å². The summed E-state index contributed by atoms with van der Waals surface area (Å²) in [4.78, 5) is 0. The third-order valence-electron chi connectivity index (χ3n) is 5.66. The highest BCUT2D eigenvalue weighted by molar-refractivity contribution is 5.88. The lowest BCUT2D eigenvalue weighted by Crippen LogP contribution is -2.04. The largest absolute Gasteiger partial charge is 0.494 e. The second-order valence-electron chi connectivity index (χ2n) is 8.04. The number of hydrogen-bond acceptors (Lipinski definition) is 1. The van der Waals surface area contributed by atoms with Gasteiger partial charge in [0.25, 0.3) is 0 Å². The Balaban J connectivity index is 1.50. The van der Waals surface area contributed by atoms with E-state index in [2.05, 4.69) is 6.92 Å². The van der Waals surface area contributed by atoms with Gasteiger partial charge in [-0.3, -0.25) is 0 Å². The maximum Gasteiger partial charge on any atom is 0.416 e. The molecule has 0 aliphatic carbocycles. The van der Waals surface area contributed by atoms with Crippen molar-refractivity contribution < 1.29 is 22.3 Å². The van der Waals surface area contributed by atoms with Gasteiger partial charge in [-0.2, -0.15) is 13.2 Å². The minimum Gasteiger partial charge on any atom is -0.494 e. The molecular formula is C28H24F4O. The molecule has 0 amide bonds. The molecule has 0 saturated heterocycles. The van der Waals surface area contributed by atoms with Crippen LogP contribution in [-0.4, -0.2) is 6.61 Å². The van der Waals surface area contributed by atoms with Gasteiger partial charge in [-0.15, -0.1) is 0 Å². The molecule has 1 nitrogen and oxygen atoms in total. The van der Waals surface area contributed by atoms with Crippen LogP contribution in [0.2, 0.25) is 0 Å². The van der Waals surface area contributed by atoms with Gasteiger partial charge in [-0.1, -0.05) is 55.5 Å². The molecule has 0 aliphatic heterocycles.